The largest absolute Gasteiger partial charge is 0.478 e. The minimum absolute atomic E-state index is 0.221. The van der Waals surface area contributed by atoms with Crippen LogP contribution in [-0.2, 0) is 0 Å². The molecule has 0 aliphatic carbocycles. The first-order chi connectivity index (χ1) is 7.50. The lowest BCUT2D eigenvalue weighted by molar-refractivity contribution is 0.0692. The molecule has 0 aromatic carbocycles. The zero-order valence-electron chi connectivity index (χ0n) is 9.24. The Morgan fingerprint density at radius 2 is 2.25 bits per heavy atom. The summed E-state index contributed by atoms with van der Waals surface area (Å²) in [6.07, 6.45) is 1.03. The molecule has 0 bridgehead atoms. The molecule has 0 aliphatic heterocycles. The topological polar surface area (TPSA) is 50.2 Å². The molecule has 0 radical (unpaired) electrons. The predicted octanol–water partition coefficient (Wildman–Crippen LogP) is 3.57. The quantitative estimate of drug-likeness (QED) is 0.649. The van der Waals surface area contributed by atoms with E-state index in [4.69, 9.17) is 16.7 Å². The number of halogens is 1. The van der Waals surface area contributed by atoms with Crippen LogP contribution < -0.4 is 0 Å². The molecule has 0 amide bonds. The Kier molecular flexibility index (Phi) is 5.09. The molecule has 0 fully saturated rings. The van der Waals surface area contributed by atoms with Crippen LogP contribution >= 0.6 is 23.4 Å². The summed E-state index contributed by atoms with van der Waals surface area (Å²) < 4.78 is 0. The van der Waals surface area contributed by atoms with E-state index in [0.29, 0.717) is 16.1 Å². The van der Waals surface area contributed by atoms with Crippen LogP contribution in [0.2, 0.25) is 5.15 Å². The van der Waals surface area contributed by atoms with Gasteiger partial charge in [0.2, 0.25) is 0 Å². The van der Waals surface area contributed by atoms with Crippen LogP contribution in [0, 0.1) is 5.92 Å². The van der Waals surface area contributed by atoms with Gasteiger partial charge in [0.25, 0.3) is 0 Å². The number of nitrogens with zero attached hydrogens (tertiary/aromatic N) is 1. The summed E-state index contributed by atoms with van der Waals surface area (Å²) in [5.74, 6) is 0.488. The van der Waals surface area contributed by atoms with Crippen molar-refractivity contribution in [1.82, 2.24) is 4.98 Å². The summed E-state index contributed by atoms with van der Waals surface area (Å²) in [5, 5.41) is 9.80. The van der Waals surface area contributed by atoms with Crippen molar-refractivity contribution in [1.29, 1.82) is 0 Å². The zero-order chi connectivity index (χ0) is 12.1. The van der Waals surface area contributed by atoms with Gasteiger partial charge in [-0.05, 0) is 30.2 Å². The Hall–Kier alpha value is -0.740. The number of rotatable bonds is 5. The fraction of sp³-hybridized carbons (Fsp3) is 0.455. The molecule has 1 aromatic rings. The van der Waals surface area contributed by atoms with Gasteiger partial charge in [-0.25, -0.2) is 9.78 Å². The average Bonchev–Trinajstić information content (AvgIpc) is 2.16. The van der Waals surface area contributed by atoms with Gasteiger partial charge in [0.05, 0.1) is 5.56 Å². The summed E-state index contributed by atoms with van der Waals surface area (Å²) >= 11 is 7.19. The maximum atomic E-state index is 10.9. The second-order valence-electron chi connectivity index (χ2n) is 3.82. The van der Waals surface area contributed by atoms with E-state index in [2.05, 4.69) is 18.8 Å². The molecule has 16 heavy (non-hydrogen) atoms. The van der Waals surface area contributed by atoms with Gasteiger partial charge in [-0.15, -0.1) is 11.8 Å². The standard InChI is InChI=1S/C11H14ClNO2S/c1-7(2)5-6-16-10-8(11(14)15)3-4-9(12)13-10/h3-4,7H,5-6H2,1-2H3,(H,14,15). The Balaban J connectivity index is 2.76. The normalized spacial score (nSPS) is 10.8. The van der Waals surface area contributed by atoms with Crippen LogP contribution in [0.1, 0.15) is 30.6 Å². The molecule has 88 valence electrons. The van der Waals surface area contributed by atoms with Gasteiger partial charge < -0.3 is 5.11 Å². The highest BCUT2D eigenvalue weighted by atomic mass is 35.5. The Morgan fingerprint density at radius 3 is 2.81 bits per heavy atom. The van der Waals surface area contributed by atoms with Crippen molar-refractivity contribution in [3.8, 4) is 0 Å². The second-order valence-corrected chi connectivity index (χ2v) is 5.29. The van der Waals surface area contributed by atoms with E-state index in [1.54, 1.807) is 0 Å². The first-order valence-electron chi connectivity index (χ1n) is 5.03. The van der Waals surface area contributed by atoms with Crippen molar-refractivity contribution in [2.24, 2.45) is 5.92 Å². The number of carbonyl (C=O) groups is 1. The summed E-state index contributed by atoms with van der Waals surface area (Å²) in [4.78, 5) is 15.0. The molecule has 0 aliphatic rings. The summed E-state index contributed by atoms with van der Waals surface area (Å²) in [7, 11) is 0. The van der Waals surface area contributed by atoms with Gasteiger partial charge in [-0.2, -0.15) is 0 Å². The molecule has 1 aromatic heterocycles. The number of thioether (sulfide) groups is 1. The summed E-state index contributed by atoms with van der Waals surface area (Å²) in [6.45, 7) is 4.26. The Bertz CT molecular complexity index is 382. The predicted molar refractivity (Wildman–Crippen MR) is 66.4 cm³/mol. The van der Waals surface area contributed by atoms with E-state index >= 15 is 0 Å². The van der Waals surface area contributed by atoms with Gasteiger partial charge in [-0.3, -0.25) is 0 Å². The van der Waals surface area contributed by atoms with Gasteiger partial charge >= 0.3 is 5.97 Å². The molecule has 1 N–H and O–H groups in total. The number of carboxylic acids is 1. The highest BCUT2D eigenvalue weighted by molar-refractivity contribution is 7.99. The lowest BCUT2D eigenvalue weighted by Gasteiger charge is -2.06. The smallest absolute Gasteiger partial charge is 0.338 e. The molecule has 0 saturated heterocycles. The van der Waals surface area contributed by atoms with E-state index in [9.17, 15) is 4.79 Å². The minimum atomic E-state index is -0.962. The molecular formula is C11H14ClNO2S. The highest BCUT2D eigenvalue weighted by Gasteiger charge is 2.12. The van der Waals surface area contributed by atoms with E-state index in [0.717, 1.165) is 12.2 Å². The highest BCUT2D eigenvalue weighted by Crippen LogP contribution is 2.24. The molecule has 3 nitrogen and oxygen atoms in total. The molecule has 0 spiro atoms. The van der Waals surface area contributed by atoms with Crippen LogP contribution in [0.25, 0.3) is 0 Å². The molecular weight excluding hydrogens is 246 g/mol. The lowest BCUT2D eigenvalue weighted by Crippen LogP contribution is -2.01. The first-order valence-corrected chi connectivity index (χ1v) is 6.39. The van der Waals surface area contributed by atoms with Crippen LogP contribution in [-0.4, -0.2) is 21.8 Å². The van der Waals surface area contributed by atoms with Gasteiger partial charge in [0.1, 0.15) is 10.2 Å². The van der Waals surface area contributed by atoms with E-state index in [1.807, 2.05) is 0 Å². The van der Waals surface area contributed by atoms with E-state index < -0.39 is 5.97 Å². The molecule has 1 rings (SSSR count). The molecule has 5 heteroatoms. The van der Waals surface area contributed by atoms with Gasteiger partial charge in [0.15, 0.2) is 0 Å². The number of pyridine rings is 1. The van der Waals surface area contributed by atoms with Crippen molar-refractivity contribution in [2.45, 2.75) is 25.3 Å². The Labute approximate surface area is 104 Å². The van der Waals surface area contributed by atoms with Gasteiger partial charge in [-0.1, -0.05) is 25.4 Å². The van der Waals surface area contributed by atoms with Gasteiger partial charge in [0, 0.05) is 0 Å². The number of hydrogen-bond donors (Lipinski definition) is 1. The lowest BCUT2D eigenvalue weighted by atomic mass is 10.2. The Morgan fingerprint density at radius 1 is 1.56 bits per heavy atom. The summed E-state index contributed by atoms with van der Waals surface area (Å²) in [5.41, 5.74) is 0.221. The minimum Gasteiger partial charge on any atom is -0.478 e. The SMILES string of the molecule is CC(C)CCSc1nc(Cl)ccc1C(=O)O. The number of aromatic carboxylic acids is 1. The van der Waals surface area contributed by atoms with Crippen LogP contribution in [0.5, 0.6) is 0 Å². The number of aromatic nitrogens is 1. The maximum Gasteiger partial charge on any atom is 0.338 e. The zero-order valence-corrected chi connectivity index (χ0v) is 10.8. The second kappa shape index (κ2) is 6.11. The van der Waals surface area contributed by atoms with Crippen molar-refractivity contribution in [3.63, 3.8) is 0 Å². The third kappa shape index (κ3) is 4.02. The number of carboxylic acid groups (broad SMARTS) is 1. The third-order valence-electron chi connectivity index (χ3n) is 1.99. The number of hydrogen-bond acceptors (Lipinski definition) is 3. The monoisotopic (exact) mass is 259 g/mol. The fourth-order valence-corrected chi connectivity index (χ4v) is 2.54. The molecule has 1 heterocycles. The fourth-order valence-electron chi connectivity index (χ4n) is 1.08. The van der Waals surface area contributed by atoms with Crippen LogP contribution in [0.15, 0.2) is 17.2 Å². The third-order valence-corrected chi connectivity index (χ3v) is 3.23. The van der Waals surface area contributed by atoms with Crippen molar-refractivity contribution < 1.29 is 9.90 Å². The van der Waals surface area contributed by atoms with Crippen molar-refractivity contribution in [2.75, 3.05) is 5.75 Å². The average molecular weight is 260 g/mol. The maximum absolute atomic E-state index is 10.9. The van der Waals surface area contributed by atoms with E-state index in [1.165, 1.54) is 23.9 Å². The molecule has 0 saturated carbocycles. The molecule has 0 unspecified atom stereocenters. The van der Waals surface area contributed by atoms with E-state index in [-0.39, 0.29) is 5.56 Å². The van der Waals surface area contributed by atoms with Crippen molar-refractivity contribution in [3.05, 3.63) is 22.8 Å². The van der Waals surface area contributed by atoms with Crippen molar-refractivity contribution >= 4 is 29.3 Å². The summed E-state index contributed by atoms with van der Waals surface area (Å²) in [6, 6.07) is 2.99. The van der Waals surface area contributed by atoms with Crippen LogP contribution in [0.3, 0.4) is 0 Å². The first kappa shape index (κ1) is 13.3. The molecule has 0 atom stereocenters. The van der Waals surface area contributed by atoms with Crippen LogP contribution in [0.4, 0.5) is 0 Å².